The zero-order valence-electron chi connectivity index (χ0n) is 10.6. The third-order valence-electron chi connectivity index (χ3n) is 2.73. The number of aryl methyl sites for hydroxylation is 1. The van der Waals surface area contributed by atoms with Crippen LogP contribution in [0.4, 0.5) is 5.69 Å². The van der Waals surface area contributed by atoms with E-state index in [4.69, 9.17) is 4.74 Å². The number of halogens is 1. The van der Waals surface area contributed by atoms with E-state index in [1.807, 2.05) is 0 Å². The number of amidine groups is 1. The van der Waals surface area contributed by atoms with E-state index in [-0.39, 0.29) is 0 Å². The molecule has 0 spiro atoms. The van der Waals surface area contributed by atoms with Crippen molar-refractivity contribution >= 4 is 38.5 Å². The van der Waals surface area contributed by atoms with Gasteiger partial charge in [0.05, 0.1) is 11.7 Å². The van der Waals surface area contributed by atoms with E-state index in [0.717, 1.165) is 34.1 Å². The SMILES string of the molecule is COCCC1CSC(Nc2cc(C)ccc2Br)=N1. The van der Waals surface area contributed by atoms with Crippen LogP contribution in [-0.4, -0.2) is 30.7 Å². The average molecular weight is 329 g/mol. The molecule has 0 fully saturated rings. The van der Waals surface area contributed by atoms with Gasteiger partial charge in [0.1, 0.15) is 0 Å². The van der Waals surface area contributed by atoms with Gasteiger partial charge in [-0.1, -0.05) is 17.8 Å². The van der Waals surface area contributed by atoms with Crippen LogP contribution in [0.25, 0.3) is 0 Å². The molecule has 0 saturated heterocycles. The van der Waals surface area contributed by atoms with Crippen LogP contribution >= 0.6 is 27.7 Å². The number of nitrogens with zero attached hydrogens (tertiary/aromatic N) is 1. The molecule has 1 unspecified atom stereocenters. The second kappa shape index (κ2) is 6.59. The van der Waals surface area contributed by atoms with Crippen LogP contribution in [0, 0.1) is 6.92 Å². The molecule has 0 radical (unpaired) electrons. The number of nitrogens with one attached hydrogen (secondary N) is 1. The molecule has 0 amide bonds. The lowest BCUT2D eigenvalue weighted by Crippen LogP contribution is -2.08. The molecular weight excluding hydrogens is 312 g/mol. The quantitative estimate of drug-likeness (QED) is 0.915. The minimum Gasteiger partial charge on any atom is -0.385 e. The zero-order valence-corrected chi connectivity index (χ0v) is 13.0. The van der Waals surface area contributed by atoms with Crippen molar-refractivity contribution in [3.05, 3.63) is 28.2 Å². The Morgan fingerprint density at radius 2 is 2.39 bits per heavy atom. The summed E-state index contributed by atoms with van der Waals surface area (Å²) in [5.74, 6) is 1.04. The Hall–Kier alpha value is -0.520. The number of hydrogen-bond donors (Lipinski definition) is 1. The van der Waals surface area contributed by atoms with Gasteiger partial charge in [-0.25, -0.2) is 0 Å². The molecule has 1 aliphatic rings. The zero-order chi connectivity index (χ0) is 13.0. The van der Waals surface area contributed by atoms with E-state index < -0.39 is 0 Å². The van der Waals surface area contributed by atoms with E-state index in [1.165, 1.54) is 5.56 Å². The Balaban J connectivity index is 1.99. The van der Waals surface area contributed by atoms with Crippen LogP contribution in [0.15, 0.2) is 27.7 Å². The van der Waals surface area contributed by atoms with E-state index in [9.17, 15) is 0 Å². The lowest BCUT2D eigenvalue weighted by Gasteiger charge is -2.08. The Labute approximate surface area is 121 Å². The van der Waals surface area contributed by atoms with Gasteiger partial charge in [-0.3, -0.25) is 4.99 Å². The Morgan fingerprint density at radius 3 is 3.17 bits per heavy atom. The fraction of sp³-hybridized carbons (Fsp3) is 0.462. The highest BCUT2D eigenvalue weighted by atomic mass is 79.9. The van der Waals surface area contributed by atoms with Crippen LogP contribution in [-0.2, 0) is 4.74 Å². The lowest BCUT2D eigenvalue weighted by molar-refractivity contribution is 0.190. The topological polar surface area (TPSA) is 33.6 Å². The molecule has 0 saturated carbocycles. The highest BCUT2D eigenvalue weighted by Gasteiger charge is 2.18. The lowest BCUT2D eigenvalue weighted by atomic mass is 10.2. The van der Waals surface area contributed by atoms with Gasteiger partial charge < -0.3 is 10.1 Å². The molecule has 1 aliphatic heterocycles. The molecule has 5 heteroatoms. The first-order chi connectivity index (χ1) is 8.69. The largest absolute Gasteiger partial charge is 0.385 e. The maximum absolute atomic E-state index is 5.09. The van der Waals surface area contributed by atoms with Crippen molar-refractivity contribution in [2.24, 2.45) is 4.99 Å². The minimum absolute atomic E-state index is 0.376. The van der Waals surface area contributed by atoms with Crippen LogP contribution < -0.4 is 5.32 Å². The molecule has 98 valence electrons. The number of anilines is 1. The Morgan fingerprint density at radius 1 is 1.56 bits per heavy atom. The maximum atomic E-state index is 5.09. The molecule has 1 aromatic rings. The second-order valence-electron chi connectivity index (χ2n) is 4.29. The molecule has 1 aromatic carbocycles. The summed E-state index contributed by atoms with van der Waals surface area (Å²) < 4.78 is 6.15. The van der Waals surface area contributed by atoms with Crippen molar-refractivity contribution in [1.29, 1.82) is 0 Å². The van der Waals surface area contributed by atoms with E-state index in [0.29, 0.717) is 6.04 Å². The second-order valence-corrected chi connectivity index (χ2v) is 6.15. The predicted molar refractivity (Wildman–Crippen MR) is 82.7 cm³/mol. The average Bonchev–Trinajstić information content (AvgIpc) is 2.79. The number of aliphatic imine (C=N–C) groups is 1. The summed E-state index contributed by atoms with van der Waals surface area (Å²) in [5, 5.41) is 4.38. The third kappa shape index (κ3) is 3.73. The monoisotopic (exact) mass is 328 g/mol. The molecule has 18 heavy (non-hydrogen) atoms. The van der Waals surface area contributed by atoms with Crippen LogP contribution in [0.1, 0.15) is 12.0 Å². The van der Waals surface area contributed by atoms with E-state index in [2.05, 4.69) is 51.4 Å². The van der Waals surface area contributed by atoms with Crippen molar-refractivity contribution < 1.29 is 4.74 Å². The molecule has 0 aromatic heterocycles. The summed E-state index contributed by atoms with van der Waals surface area (Å²) >= 11 is 5.32. The molecule has 0 aliphatic carbocycles. The fourth-order valence-electron chi connectivity index (χ4n) is 1.74. The maximum Gasteiger partial charge on any atom is 0.161 e. The van der Waals surface area contributed by atoms with Gasteiger partial charge >= 0.3 is 0 Å². The number of benzene rings is 1. The summed E-state index contributed by atoms with van der Waals surface area (Å²) in [6, 6.07) is 6.64. The molecule has 2 rings (SSSR count). The van der Waals surface area contributed by atoms with Crippen LogP contribution in [0.5, 0.6) is 0 Å². The number of hydrogen-bond acceptors (Lipinski definition) is 4. The van der Waals surface area contributed by atoms with Crippen molar-refractivity contribution in [3.8, 4) is 0 Å². The highest BCUT2D eigenvalue weighted by Crippen LogP contribution is 2.27. The predicted octanol–water partition coefficient (Wildman–Crippen LogP) is 3.68. The summed E-state index contributed by atoms with van der Waals surface area (Å²) in [6.45, 7) is 2.86. The minimum atomic E-state index is 0.376. The summed E-state index contributed by atoms with van der Waals surface area (Å²) in [4.78, 5) is 4.66. The first-order valence-electron chi connectivity index (χ1n) is 5.92. The molecular formula is C13H17BrN2OS. The highest BCUT2D eigenvalue weighted by molar-refractivity contribution is 9.10. The van der Waals surface area contributed by atoms with Crippen molar-refractivity contribution in [2.75, 3.05) is 24.8 Å². The van der Waals surface area contributed by atoms with Gasteiger partial charge in [0, 0.05) is 23.9 Å². The van der Waals surface area contributed by atoms with Crippen molar-refractivity contribution in [2.45, 2.75) is 19.4 Å². The van der Waals surface area contributed by atoms with Gasteiger partial charge in [0.15, 0.2) is 5.17 Å². The number of rotatable bonds is 4. The molecule has 1 heterocycles. The smallest absolute Gasteiger partial charge is 0.161 e. The van der Waals surface area contributed by atoms with Crippen LogP contribution in [0.2, 0.25) is 0 Å². The molecule has 1 N–H and O–H groups in total. The first kappa shape index (κ1) is 13.9. The van der Waals surface area contributed by atoms with Gasteiger partial charge in [-0.05, 0) is 47.0 Å². The molecule has 1 atom stereocenters. The van der Waals surface area contributed by atoms with Gasteiger partial charge in [-0.2, -0.15) is 0 Å². The summed E-state index contributed by atoms with van der Waals surface area (Å²) in [6.07, 6.45) is 0.990. The van der Waals surface area contributed by atoms with Crippen molar-refractivity contribution in [3.63, 3.8) is 0 Å². The molecule has 3 nitrogen and oxygen atoms in total. The first-order valence-corrected chi connectivity index (χ1v) is 7.69. The number of thioether (sulfide) groups is 1. The fourth-order valence-corrected chi connectivity index (χ4v) is 3.08. The van der Waals surface area contributed by atoms with Gasteiger partial charge in [-0.15, -0.1) is 0 Å². The number of ether oxygens (including phenoxy) is 1. The van der Waals surface area contributed by atoms with E-state index >= 15 is 0 Å². The van der Waals surface area contributed by atoms with Gasteiger partial charge in [0.25, 0.3) is 0 Å². The van der Waals surface area contributed by atoms with Gasteiger partial charge in [0.2, 0.25) is 0 Å². The van der Waals surface area contributed by atoms with Crippen LogP contribution in [0.3, 0.4) is 0 Å². The summed E-state index contributed by atoms with van der Waals surface area (Å²) in [7, 11) is 1.73. The standard InChI is InChI=1S/C13H17BrN2OS/c1-9-3-4-11(14)12(7-9)16-13-15-10(8-18-13)5-6-17-2/h3-4,7,10H,5-6,8H2,1-2H3,(H,15,16). The normalized spacial score (nSPS) is 18.8. The van der Waals surface area contributed by atoms with Crippen molar-refractivity contribution in [1.82, 2.24) is 0 Å². The molecule has 0 bridgehead atoms. The Kier molecular flexibility index (Phi) is 5.09. The number of methoxy groups -OCH3 is 1. The Bertz CT molecular complexity index is 451. The summed E-state index contributed by atoms with van der Waals surface area (Å²) in [5.41, 5.74) is 2.31. The third-order valence-corrected chi connectivity index (χ3v) is 4.45. The van der Waals surface area contributed by atoms with E-state index in [1.54, 1.807) is 18.9 Å².